The smallest absolute Gasteiger partial charge is 0.197 e. The van der Waals surface area contributed by atoms with Crippen LogP contribution in [0.4, 0.5) is 0 Å². The first-order chi connectivity index (χ1) is 6.95. The molecule has 0 saturated carbocycles. The second-order valence-electron chi connectivity index (χ2n) is 3.61. The second-order valence-corrected chi connectivity index (χ2v) is 5.90. The Morgan fingerprint density at radius 1 is 1.53 bits per heavy atom. The molecule has 0 aromatic carbocycles. The summed E-state index contributed by atoms with van der Waals surface area (Å²) in [5.41, 5.74) is 0.780. The van der Waals surface area contributed by atoms with Crippen LogP contribution in [0.25, 0.3) is 0 Å². The third kappa shape index (κ3) is 3.43. The highest BCUT2D eigenvalue weighted by Gasteiger charge is 2.19. The summed E-state index contributed by atoms with van der Waals surface area (Å²) in [6.45, 7) is 3.56. The summed E-state index contributed by atoms with van der Waals surface area (Å²) in [7, 11) is -3.35. The van der Waals surface area contributed by atoms with Gasteiger partial charge in [-0.1, -0.05) is 6.92 Å². The average Bonchev–Trinajstić information content (AvgIpc) is 2.17. The molecule has 0 aliphatic heterocycles. The first-order valence-corrected chi connectivity index (χ1v) is 6.72. The van der Waals surface area contributed by atoms with Crippen LogP contribution in [0, 0.1) is 12.8 Å². The fourth-order valence-electron chi connectivity index (χ4n) is 1.09. The first kappa shape index (κ1) is 12.4. The molecule has 1 unspecified atom stereocenters. The van der Waals surface area contributed by atoms with E-state index in [2.05, 4.69) is 10.2 Å². The molecule has 0 bridgehead atoms. The monoisotopic (exact) mass is 248 g/mol. The molecule has 1 atom stereocenters. The van der Waals surface area contributed by atoms with Crippen molar-refractivity contribution in [1.29, 1.82) is 0 Å². The van der Waals surface area contributed by atoms with Crippen LogP contribution in [0.5, 0.6) is 0 Å². The fourth-order valence-corrected chi connectivity index (χ4v) is 2.91. The molecule has 1 heterocycles. The lowest BCUT2D eigenvalue weighted by Crippen LogP contribution is -2.16. The molecule has 0 aliphatic carbocycles. The topological polar surface area (TPSA) is 59.9 Å². The Morgan fingerprint density at radius 3 is 2.73 bits per heavy atom. The fraction of sp³-hybridized carbons (Fsp3) is 0.556. The Balaban J connectivity index is 2.96. The molecule has 0 N–H and O–H groups in total. The minimum atomic E-state index is -3.35. The van der Waals surface area contributed by atoms with Gasteiger partial charge in [-0.2, -0.15) is 5.10 Å². The van der Waals surface area contributed by atoms with Gasteiger partial charge in [-0.3, -0.25) is 0 Å². The molecule has 0 radical (unpaired) electrons. The summed E-state index contributed by atoms with van der Waals surface area (Å²) in [6.07, 6.45) is 1.52. The van der Waals surface area contributed by atoms with Crippen LogP contribution >= 0.6 is 11.6 Å². The molecule has 15 heavy (non-hydrogen) atoms. The lowest BCUT2D eigenvalue weighted by molar-refractivity contribution is 0.577. The van der Waals surface area contributed by atoms with Gasteiger partial charge in [-0.05, 0) is 24.5 Å². The molecular weight excluding hydrogens is 236 g/mol. The van der Waals surface area contributed by atoms with Crippen molar-refractivity contribution in [3.63, 3.8) is 0 Å². The average molecular weight is 249 g/mol. The van der Waals surface area contributed by atoms with Crippen molar-refractivity contribution >= 4 is 21.4 Å². The van der Waals surface area contributed by atoms with E-state index < -0.39 is 9.84 Å². The van der Waals surface area contributed by atoms with Crippen molar-refractivity contribution in [1.82, 2.24) is 10.2 Å². The van der Waals surface area contributed by atoms with E-state index in [1.165, 1.54) is 12.3 Å². The summed E-state index contributed by atoms with van der Waals surface area (Å²) in [5, 5.41) is 7.27. The number of hydrogen-bond acceptors (Lipinski definition) is 4. The number of aromatic nitrogens is 2. The van der Waals surface area contributed by atoms with Gasteiger partial charge in [-0.25, -0.2) is 8.42 Å². The van der Waals surface area contributed by atoms with Gasteiger partial charge in [0.1, 0.15) is 0 Å². The maximum atomic E-state index is 11.8. The van der Waals surface area contributed by atoms with Crippen LogP contribution in [0.15, 0.2) is 17.3 Å². The van der Waals surface area contributed by atoms with Crippen LogP contribution in [0.1, 0.15) is 12.5 Å². The van der Waals surface area contributed by atoms with E-state index in [0.717, 1.165) is 5.56 Å². The Bertz CT molecular complexity index is 433. The lowest BCUT2D eigenvalue weighted by Gasteiger charge is -2.07. The van der Waals surface area contributed by atoms with Crippen LogP contribution in [0.3, 0.4) is 0 Å². The molecule has 0 fully saturated rings. The van der Waals surface area contributed by atoms with Crippen molar-refractivity contribution in [3.8, 4) is 0 Å². The maximum Gasteiger partial charge on any atom is 0.197 e. The van der Waals surface area contributed by atoms with Gasteiger partial charge in [0.05, 0.1) is 11.9 Å². The zero-order chi connectivity index (χ0) is 11.5. The lowest BCUT2D eigenvalue weighted by atomic mass is 10.3. The van der Waals surface area contributed by atoms with Crippen LogP contribution < -0.4 is 0 Å². The van der Waals surface area contributed by atoms with Gasteiger partial charge in [0.2, 0.25) is 0 Å². The summed E-state index contributed by atoms with van der Waals surface area (Å²) >= 11 is 5.58. The molecule has 1 aromatic rings. The van der Waals surface area contributed by atoms with E-state index in [-0.39, 0.29) is 16.7 Å². The molecule has 0 aliphatic rings. The van der Waals surface area contributed by atoms with E-state index in [0.29, 0.717) is 5.88 Å². The third-order valence-corrected chi connectivity index (χ3v) is 4.23. The number of sulfone groups is 1. The summed E-state index contributed by atoms with van der Waals surface area (Å²) in [4.78, 5) is 0. The normalized spacial score (nSPS) is 13.8. The molecule has 4 nitrogen and oxygen atoms in total. The van der Waals surface area contributed by atoms with Crippen molar-refractivity contribution < 1.29 is 8.42 Å². The molecule has 84 valence electrons. The maximum absolute atomic E-state index is 11.8. The van der Waals surface area contributed by atoms with Gasteiger partial charge in [-0.15, -0.1) is 16.7 Å². The number of aryl methyl sites for hydroxylation is 1. The largest absolute Gasteiger partial charge is 0.222 e. The highest BCUT2D eigenvalue weighted by Crippen LogP contribution is 2.12. The Labute approximate surface area is 94.6 Å². The third-order valence-electron chi connectivity index (χ3n) is 1.85. The molecular formula is C9H13ClN2O2S. The van der Waals surface area contributed by atoms with E-state index in [9.17, 15) is 8.42 Å². The van der Waals surface area contributed by atoms with Crippen molar-refractivity contribution in [2.45, 2.75) is 18.9 Å². The zero-order valence-corrected chi connectivity index (χ0v) is 10.2. The Morgan fingerprint density at radius 2 is 2.20 bits per heavy atom. The van der Waals surface area contributed by atoms with Gasteiger partial charge in [0.15, 0.2) is 14.9 Å². The number of alkyl halides is 1. The second kappa shape index (κ2) is 4.90. The van der Waals surface area contributed by atoms with Gasteiger partial charge < -0.3 is 0 Å². The van der Waals surface area contributed by atoms with Crippen LogP contribution in [-0.4, -0.2) is 30.2 Å². The number of hydrogen-bond donors (Lipinski definition) is 0. The molecule has 0 saturated heterocycles. The summed E-state index contributed by atoms with van der Waals surface area (Å²) < 4.78 is 23.6. The first-order valence-electron chi connectivity index (χ1n) is 4.54. The van der Waals surface area contributed by atoms with Crippen molar-refractivity contribution in [2.75, 3.05) is 11.6 Å². The molecule has 6 heteroatoms. The molecule has 0 amide bonds. The number of nitrogens with zero attached hydrogens (tertiary/aromatic N) is 2. The van der Waals surface area contributed by atoms with Gasteiger partial charge in [0, 0.05) is 5.88 Å². The van der Waals surface area contributed by atoms with E-state index in [1.54, 1.807) is 13.8 Å². The highest BCUT2D eigenvalue weighted by atomic mass is 35.5. The predicted molar refractivity (Wildman–Crippen MR) is 58.7 cm³/mol. The number of rotatable bonds is 4. The van der Waals surface area contributed by atoms with Gasteiger partial charge in [0.25, 0.3) is 0 Å². The summed E-state index contributed by atoms with van der Waals surface area (Å²) in [5.74, 6) is 0.242. The molecule has 1 aromatic heterocycles. The Hall–Kier alpha value is -0.680. The van der Waals surface area contributed by atoms with E-state index >= 15 is 0 Å². The van der Waals surface area contributed by atoms with Crippen LogP contribution in [0.2, 0.25) is 0 Å². The Kier molecular flexibility index (Phi) is 4.04. The molecule has 0 spiro atoms. The van der Waals surface area contributed by atoms with Crippen molar-refractivity contribution in [2.24, 2.45) is 5.92 Å². The summed E-state index contributed by atoms with van der Waals surface area (Å²) in [6, 6.07) is 1.52. The predicted octanol–water partition coefficient (Wildman–Crippen LogP) is 1.43. The van der Waals surface area contributed by atoms with E-state index in [4.69, 9.17) is 11.6 Å². The zero-order valence-electron chi connectivity index (χ0n) is 8.64. The van der Waals surface area contributed by atoms with Crippen LogP contribution in [-0.2, 0) is 9.84 Å². The quantitative estimate of drug-likeness (QED) is 0.757. The standard InChI is InChI=1S/C9H13ClN2O2S/c1-7-3-9(12-11-5-7)15(13,14)6-8(2)4-10/h3,5,8H,4,6H2,1-2H3. The minimum Gasteiger partial charge on any atom is -0.222 e. The van der Waals surface area contributed by atoms with E-state index in [1.807, 2.05) is 0 Å². The SMILES string of the molecule is Cc1cnnc(S(=O)(=O)CC(C)CCl)c1. The van der Waals surface area contributed by atoms with Gasteiger partial charge >= 0.3 is 0 Å². The highest BCUT2D eigenvalue weighted by molar-refractivity contribution is 7.91. The number of halogens is 1. The minimum absolute atomic E-state index is 0.00856. The van der Waals surface area contributed by atoms with Crippen molar-refractivity contribution in [3.05, 3.63) is 17.8 Å². The molecule has 1 rings (SSSR count).